The summed E-state index contributed by atoms with van der Waals surface area (Å²) in [5.41, 5.74) is 6.75. The maximum atomic E-state index is 6.23. The van der Waals surface area contributed by atoms with Gasteiger partial charge in [-0.25, -0.2) is 0 Å². The van der Waals surface area contributed by atoms with Gasteiger partial charge in [0, 0.05) is 5.54 Å². The minimum absolute atomic E-state index is 0.0883. The maximum Gasteiger partial charge on any atom is 0.0151 e. The second-order valence-corrected chi connectivity index (χ2v) is 6.37. The SMILES string of the molecule is CCC(C)(CC(C)(C)C)C(C)(C)N. The summed E-state index contributed by atoms with van der Waals surface area (Å²) < 4.78 is 0. The summed E-state index contributed by atoms with van der Waals surface area (Å²) in [4.78, 5) is 0. The summed E-state index contributed by atoms with van der Waals surface area (Å²) in [7, 11) is 0. The van der Waals surface area contributed by atoms with Crippen molar-refractivity contribution in [3.05, 3.63) is 0 Å². The lowest BCUT2D eigenvalue weighted by Gasteiger charge is -2.45. The summed E-state index contributed by atoms with van der Waals surface area (Å²) in [6, 6.07) is 0. The molecule has 1 heteroatoms. The average molecular weight is 185 g/mol. The highest BCUT2D eigenvalue weighted by Crippen LogP contribution is 2.42. The van der Waals surface area contributed by atoms with Gasteiger partial charge in [0.2, 0.25) is 0 Å². The van der Waals surface area contributed by atoms with Gasteiger partial charge >= 0.3 is 0 Å². The van der Waals surface area contributed by atoms with Crippen LogP contribution in [0.2, 0.25) is 0 Å². The van der Waals surface area contributed by atoms with Crippen LogP contribution in [0.5, 0.6) is 0 Å². The van der Waals surface area contributed by atoms with E-state index in [4.69, 9.17) is 5.73 Å². The first-order valence-electron chi connectivity index (χ1n) is 5.31. The molecule has 0 aromatic rings. The highest BCUT2D eigenvalue weighted by Gasteiger charge is 2.39. The van der Waals surface area contributed by atoms with Gasteiger partial charge in [0.15, 0.2) is 0 Å². The molecule has 0 spiro atoms. The van der Waals surface area contributed by atoms with E-state index in [2.05, 4.69) is 48.5 Å². The molecule has 0 saturated heterocycles. The normalized spacial score (nSPS) is 18.5. The Bertz CT molecular complexity index is 159. The zero-order valence-electron chi connectivity index (χ0n) is 10.5. The Labute approximate surface area is 84.1 Å². The smallest absolute Gasteiger partial charge is 0.0151 e. The maximum absolute atomic E-state index is 6.23. The van der Waals surface area contributed by atoms with E-state index in [0.717, 1.165) is 6.42 Å². The molecule has 2 N–H and O–H groups in total. The van der Waals surface area contributed by atoms with Crippen LogP contribution in [-0.2, 0) is 0 Å². The third-order valence-corrected chi connectivity index (χ3v) is 3.26. The lowest BCUT2D eigenvalue weighted by atomic mass is 9.64. The third-order valence-electron chi connectivity index (χ3n) is 3.26. The van der Waals surface area contributed by atoms with Crippen molar-refractivity contribution in [2.24, 2.45) is 16.6 Å². The second kappa shape index (κ2) is 3.61. The average Bonchev–Trinajstić information content (AvgIpc) is 1.81. The molecule has 80 valence electrons. The van der Waals surface area contributed by atoms with Crippen LogP contribution in [0.3, 0.4) is 0 Å². The monoisotopic (exact) mass is 185 g/mol. The van der Waals surface area contributed by atoms with Crippen LogP contribution in [0.15, 0.2) is 0 Å². The molecule has 0 radical (unpaired) electrons. The zero-order valence-corrected chi connectivity index (χ0v) is 10.5. The van der Waals surface area contributed by atoms with Crippen LogP contribution in [-0.4, -0.2) is 5.54 Å². The standard InChI is InChI=1S/C12H27N/c1-8-12(7,11(5,6)13)9-10(2,3)4/h8-9,13H2,1-7H3. The van der Waals surface area contributed by atoms with Crippen LogP contribution in [0.1, 0.15) is 61.3 Å². The van der Waals surface area contributed by atoms with Crippen LogP contribution in [0, 0.1) is 10.8 Å². The molecule has 0 aromatic heterocycles. The third kappa shape index (κ3) is 3.68. The van der Waals surface area contributed by atoms with Crippen molar-refractivity contribution in [1.82, 2.24) is 0 Å². The molecule has 0 fully saturated rings. The first-order valence-corrected chi connectivity index (χ1v) is 5.31. The molecule has 0 aliphatic carbocycles. The highest BCUT2D eigenvalue weighted by atomic mass is 14.8. The molecular weight excluding hydrogens is 158 g/mol. The lowest BCUT2D eigenvalue weighted by molar-refractivity contribution is 0.0984. The predicted molar refractivity (Wildman–Crippen MR) is 60.7 cm³/mol. The summed E-state index contributed by atoms with van der Waals surface area (Å²) in [6.07, 6.45) is 2.33. The van der Waals surface area contributed by atoms with Gasteiger partial charge in [0.25, 0.3) is 0 Å². The largest absolute Gasteiger partial charge is 0.325 e. The Morgan fingerprint density at radius 3 is 1.38 bits per heavy atom. The first-order chi connectivity index (χ1) is 5.52. The van der Waals surface area contributed by atoms with Gasteiger partial charge in [-0.1, -0.05) is 34.6 Å². The van der Waals surface area contributed by atoms with Crippen molar-refractivity contribution in [3.8, 4) is 0 Å². The Hall–Kier alpha value is -0.0400. The van der Waals surface area contributed by atoms with E-state index in [0.29, 0.717) is 5.41 Å². The molecule has 0 amide bonds. The number of hydrogen-bond donors (Lipinski definition) is 1. The minimum atomic E-state index is -0.0883. The van der Waals surface area contributed by atoms with Gasteiger partial charge < -0.3 is 5.73 Å². The van der Waals surface area contributed by atoms with Crippen molar-refractivity contribution < 1.29 is 0 Å². The Morgan fingerprint density at radius 1 is 0.923 bits per heavy atom. The first kappa shape index (κ1) is 13.0. The molecule has 0 heterocycles. The van der Waals surface area contributed by atoms with Gasteiger partial charge in [-0.3, -0.25) is 0 Å². The molecule has 1 nitrogen and oxygen atoms in total. The number of hydrogen-bond acceptors (Lipinski definition) is 1. The molecular formula is C12H27N. The van der Waals surface area contributed by atoms with Crippen LogP contribution >= 0.6 is 0 Å². The van der Waals surface area contributed by atoms with E-state index >= 15 is 0 Å². The van der Waals surface area contributed by atoms with E-state index in [1.54, 1.807) is 0 Å². The van der Waals surface area contributed by atoms with Crippen LogP contribution in [0.25, 0.3) is 0 Å². The van der Waals surface area contributed by atoms with Gasteiger partial charge in [0.05, 0.1) is 0 Å². The van der Waals surface area contributed by atoms with Crippen molar-refractivity contribution >= 4 is 0 Å². The lowest BCUT2D eigenvalue weighted by Crippen LogP contribution is -2.50. The molecule has 1 atom stereocenters. The Morgan fingerprint density at radius 2 is 1.31 bits per heavy atom. The van der Waals surface area contributed by atoms with Crippen molar-refractivity contribution in [2.75, 3.05) is 0 Å². The van der Waals surface area contributed by atoms with Gasteiger partial charge in [-0.15, -0.1) is 0 Å². The van der Waals surface area contributed by atoms with Gasteiger partial charge in [-0.2, -0.15) is 0 Å². The van der Waals surface area contributed by atoms with Gasteiger partial charge in [0.1, 0.15) is 0 Å². The van der Waals surface area contributed by atoms with Gasteiger partial charge in [-0.05, 0) is 37.5 Å². The highest BCUT2D eigenvalue weighted by molar-refractivity contribution is 4.94. The fourth-order valence-corrected chi connectivity index (χ4v) is 1.98. The fourth-order valence-electron chi connectivity index (χ4n) is 1.98. The summed E-state index contributed by atoms with van der Waals surface area (Å²) >= 11 is 0. The van der Waals surface area contributed by atoms with Crippen LogP contribution < -0.4 is 5.73 Å². The summed E-state index contributed by atoms with van der Waals surface area (Å²) in [5.74, 6) is 0. The van der Waals surface area contributed by atoms with E-state index < -0.39 is 0 Å². The van der Waals surface area contributed by atoms with E-state index in [1.807, 2.05) is 0 Å². The molecule has 0 bridgehead atoms. The summed E-state index contributed by atoms with van der Waals surface area (Å²) in [6.45, 7) is 15.7. The Kier molecular flexibility index (Phi) is 3.59. The molecule has 0 saturated carbocycles. The topological polar surface area (TPSA) is 26.0 Å². The number of rotatable bonds is 3. The minimum Gasteiger partial charge on any atom is -0.325 e. The number of nitrogens with two attached hydrogens (primary N) is 1. The van der Waals surface area contributed by atoms with Crippen molar-refractivity contribution in [2.45, 2.75) is 66.8 Å². The predicted octanol–water partition coefficient (Wildman–Crippen LogP) is 3.58. The van der Waals surface area contributed by atoms with Crippen molar-refractivity contribution in [1.29, 1.82) is 0 Å². The van der Waals surface area contributed by atoms with Crippen molar-refractivity contribution in [3.63, 3.8) is 0 Å². The molecule has 0 aromatic carbocycles. The fraction of sp³-hybridized carbons (Fsp3) is 1.00. The van der Waals surface area contributed by atoms with E-state index in [1.165, 1.54) is 6.42 Å². The van der Waals surface area contributed by atoms with E-state index in [-0.39, 0.29) is 11.0 Å². The molecule has 1 unspecified atom stereocenters. The molecule has 13 heavy (non-hydrogen) atoms. The van der Waals surface area contributed by atoms with E-state index in [9.17, 15) is 0 Å². The quantitative estimate of drug-likeness (QED) is 0.714. The molecule has 0 rings (SSSR count). The zero-order chi connectivity index (χ0) is 10.9. The molecule has 0 aliphatic rings. The second-order valence-electron chi connectivity index (χ2n) is 6.37. The summed E-state index contributed by atoms with van der Waals surface area (Å²) in [5, 5.41) is 0. The Balaban J connectivity index is 4.67. The molecule has 0 aliphatic heterocycles. The van der Waals surface area contributed by atoms with Crippen LogP contribution in [0.4, 0.5) is 0 Å².